The molecule has 2 fully saturated rings. The molecule has 0 aromatic heterocycles. The number of nitrogens with one attached hydrogen (secondary N) is 1. The third-order valence-corrected chi connectivity index (χ3v) is 4.54. The highest BCUT2D eigenvalue weighted by Gasteiger charge is 2.42. The molecule has 2 rings (SSSR count). The van der Waals surface area contributed by atoms with Crippen LogP contribution in [0.1, 0.15) is 26.2 Å². The van der Waals surface area contributed by atoms with E-state index in [9.17, 15) is 4.79 Å². The van der Waals surface area contributed by atoms with Gasteiger partial charge in [0.1, 0.15) is 0 Å². The number of nitrogens with zero attached hydrogens (tertiary/aromatic N) is 1. The van der Waals surface area contributed by atoms with E-state index < -0.39 is 0 Å². The van der Waals surface area contributed by atoms with Gasteiger partial charge in [-0.25, -0.2) is 0 Å². The van der Waals surface area contributed by atoms with Crippen LogP contribution in [0, 0.1) is 5.41 Å². The molecule has 1 heterocycles. The fraction of sp³-hybridized carbons (Fsp3) is 0.923. The van der Waals surface area contributed by atoms with Crippen LogP contribution in [0.5, 0.6) is 0 Å². The Hall–Kier alpha value is -0.260. The van der Waals surface area contributed by atoms with E-state index in [4.69, 9.17) is 4.74 Å². The van der Waals surface area contributed by atoms with Crippen molar-refractivity contribution in [3.63, 3.8) is 0 Å². The lowest BCUT2D eigenvalue weighted by Crippen LogP contribution is -2.46. The zero-order valence-electron chi connectivity index (χ0n) is 11.2. The van der Waals surface area contributed by atoms with E-state index in [2.05, 4.69) is 29.8 Å². The van der Waals surface area contributed by atoms with Gasteiger partial charge in [-0.15, -0.1) is 0 Å². The fourth-order valence-electron chi connectivity index (χ4n) is 2.45. The van der Waals surface area contributed by atoms with Crippen LogP contribution in [0.4, 0.5) is 0 Å². The zero-order valence-corrected chi connectivity index (χ0v) is 12.0. The monoisotopic (exact) mass is 272 g/mol. The molecule has 0 bridgehead atoms. The van der Waals surface area contributed by atoms with Gasteiger partial charge in [0.2, 0.25) is 5.91 Å². The molecule has 1 N–H and O–H groups in total. The third kappa shape index (κ3) is 4.14. The van der Waals surface area contributed by atoms with Crippen LogP contribution in [-0.2, 0) is 9.53 Å². The van der Waals surface area contributed by atoms with Crippen LogP contribution in [0.2, 0.25) is 0 Å². The third-order valence-electron chi connectivity index (χ3n) is 3.87. The zero-order chi connectivity index (χ0) is 13.0. The van der Waals surface area contributed by atoms with Crippen LogP contribution >= 0.6 is 12.6 Å². The molecule has 1 saturated heterocycles. The fourth-order valence-corrected chi connectivity index (χ4v) is 2.88. The molecule has 18 heavy (non-hydrogen) atoms. The van der Waals surface area contributed by atoms with Gasteiger partial charge in [-0.05, 0) is 30.9 Å². The smallest absolute Gasteiger partial charge is 0.220 e. The average Bonchev–Trinajstić information content (AvgIpc) is 3.10. The van der Waals surface area contributed by atoms with Crippen molar-refractivity contribution < 1.29 is 9.53 Å². The summed E-state index contributed by atoms with van der Waals surface area (Å²) in [6.07, 6.45) is 2.95. The van der Waals surface area contributed by atoms with Gasteiger partial charge >= 0.3 is 0 Å². The highest BCUT2D eigenvalue weighted by molar-refractivity contribution is 7.80. The summed E-state index contributed by atoms with van der Waals surface area (Å²) < 4.78 is 5.31. The van der Waals surface area contributed by atoms with Crippen molar-refractivity contribution in [1.29, 1.82) is 0 Å². The van der Waals surface area contributed by atoms with Crippen molar-refractivity contribution in [1.82, 2.24) is 10.2 Å². The standard InChI is InChI=1S/C13H24N2O2S/c1-11(9-15-4-6-17-7-5-15)14-12(16)8-13(10-18)2-3-13/h11,18H,2-10H2,1H3,(H,14,16). The van der Waals surface area contributed by atoms with Gasteiger partial charge in [-0.2, -0.15) is 12.6 Å². The number of thiol groups is 1. The van der Waals surface area contributed by atoms with Crippen molar-refractivity contribution in [2.75, 3.05) is 38.6 Å². The highest BCUT2D eigenvalue weighted by atomic mass is 32.1. The summed E-state index contributed by atoms with van der Waals surface area (Å²) in [5.41, 5.74) is 0.214. The number of hydrogen-bond donors (Lipinski definition) is 2. The molecule has 0 aromatic carbocycles. The average molecular weight is 272 g/mol. The van der Waals surface area contributed by atoms with E-state index in [1.54, 1.807) is 0 Å². The van der Waals surface area contributed by atoms with Gasteiger partial charge in [0.05, 0.1) is 13.2 Å². The van der Waals surface area contributed by atoms with E-state index in [1.165, 1.54) is 0 Å². The highest BCUT2D eigenvalue weighted by Crippen LogP contribution is 2.49. The maximum Gasteiger partial charge on any atom is 0.220 e. The Labute approximate surface area is 115 Å². The molecule has 1 aliphatic heterocycles. The summed E-state index contributed by atoms with van der Waals surface area (Å²) in [4.78, 5) is 14.3. The molecule has 1 amide bonds. The van der Waals surface area contributed by atoms with Crippen LogP contribution < -0.4 is 5.32 Å². The number of morpholine rings is 1. The van der Waals surface area contributed by atoms with Crippen LogP contribution in [-0.4, -0.2) is 55.4 Å². The first-order valence-electron chi connectivity index (χ1n) is 6.84. The first kappa shape index (κ1) is 14.2. The first-order chi connectivity index (χ1) is 8.63. The Morgan fingerprint density at radius 1 is 1.44 bits per heavy atom. The van der Waals surface area contributed by atoms with E-state index in [0.29, 0.717) is 6.42 Å². The lowest BCUT2D eigenvalue weighted by atomic mass is 10.0. The van der Waals surface area contributed by atoms with Gasteiger partial charge < -0.3 is 10.1 Å². The quantitative estimate of drug-likeness (QED) is 0.707. The molecule has 4 nitrogen and oxygen atoms in total. The molecule has 1 atom stereocenters. The normalized spacial score (nSPS) is 24.6. The molecule has 2 aliphatic rings. The second-order valence-electron chi connectivity index (χ2n) is 5.72. The van der Waals surface area contributed by atoms with Crippen LogP contribution in [0.25, 0.3) is 0 Å². The summed E-state index contributed by atoms with van der Waals surface area (Å²) in [7, 11) is 0. The number of amides is 1. The van der Waals surface area contributed by atoms with Gasteiger partial charge in [0.15, 0.2) is 0 Å². The van der Waals surface area contributed by atoms with Crippen LogP contribution in [0.3, 0.4) is 0 Å². The van der Waals surface area contributed by atoms with Crippen molar-refractivity contribution in [2.45, 2.75) is 32.2 Å². The number of carbonyl (C=O) groups is 1. The SMILES string of the molecule is CC(CN1CCOCC1)NC(=O)CC1(CS)CC1. The second kappa shape index (κ2) is 6.26. The van der Waals surface area contributed by atoms with Crippen molar-refractivity contribution >= 4 is 18.5 Å². The number of carbonyl (C=O) groups excluding carboxylic acids is 1. The molecule has 104 valence electrons. The van der Waals surface area contributed by atoms with Gasteiger partial charge in [0.25, 0.3) is 0 Å². The largest absolute Gasteiger partial charge is 0.379 e. The van der Waals surface area contributed by atoms with E-state index in [1.807, 2.05) is 0 Å². The van der Waals surface area contributed by atoms with Crippen molar-refractivity contribution in [3.05, 3.63) is 0 Å². The summed E-state index contributed by atoms with van der Waals surface area (Å²) in [5.74, 6) is 1.01. The van der Waals surface area contributed by atoms with E-state index in [0.717, 1.165) is 51.4 Å². The molecule has 0 spiro atoms. The Morgan fingerprint density at radius 2 is 2.11 bits per heavy atom. The predicted octanol–water partition coefficient (Wildman–Crippen LogP) is 0.923. The lowest BCUT2D eigenvalue weighted by Gasteiger charge is -2.29. The minimum Gasteiger partial charge on any atom is -0.379 e. The minimum atomic E-state index is 0.183. The van der Waals surface area contributed by atoms with E-state index >= 15 is 0 Å². The Balaban J connectivity index is 1.66. The Bertz CT molecular complexity index is 289. The molecule has 1 unspecified atom stereocenters. The number of hydrogen-bond acceptors (Lipinski definition) is 4. The Kier molecular flexibility index (Phi) is 4.92. The van der Waals surface area contributed by atoms with Gasteiger partial charge in [-0.3, -0.25) is 9.69 Å². The molecule has 1 aliphatic carbocycles. The molecular weight excluding hydrogens is 248 g/mol. The predicted molar refractivity (Wildman–Crippen MR) is 75.0 cm³/mol. The summed E-state index contributed by atoms with van der Waals surface area (Å²) in [6.45, 7) is 6.56. The van der Waals surface area contributed by atoms with Crippen molar-refractivity contribution in [2.24, 2.45) is 5.41 Å². The van der Waals surface area contributed by atoms with Gasteiger partial charge in [-0.1, -0.05) is 0 Å². The number of ether oxygens (including phenoxy) is 1. The first-order valence-corrected chi connectivity index (χ1v) is 7.47. The Morgan fingerprint density at radius 3 is 2.67 bits per heavy atom. The second-order valence-corrected chi connectivity index (χ2v) is 6.03. The molecular formula is C13H24N2O2S. The number of rotatable bonds is 6. The van der Waals surface area contributed by atoms with Gasteiger partial charge in [0, 0.05) is 32.1 Å². The maximum atomic E-state index is 11.9. The molecule has 1 saturated carbocycles. The molecule has 5 heteroatoms. The topological polar surface area (TPSA) is 41.6 Å². The molecule has 0 aromatic rings. The maximum absolute atomic E-state index is 11.9. The van der Waals surface area contributed by atoms with Crippen LogP contribution in [0.15, 0.2) is 0 Å². The molecule has 0 radical (unpaired) electrons. The van der Waals surface area contributed by atoms with Crippen molar-refractivity contribution in [3.8, 4) is 0 Å². The van der Waals surface area contributed by atoms with E-state index in [-0.39, 0.29) is 17.4 Å². The summed E-state index contributed by atoms with van der Waals surface area (Å²) in [6, 6.07) is 0.214. The summed E-state index contributed by atoms with van der Waals surface area (Å²) >= 11 is 4.33. The summed E-state index contributed by atoms with van der Waals surface area (Å²) in [5, 5.41) is 3.10. The lowest BCUT2D eigenvalue weighted by molar-refractivity contribution is -0.122. The minimum absolute atomic E-state index is 0.183.